The second-order valence-corrected chi connectivity index (χ2v) is 5.32. The highest BCUT2D eigenvalue weighted by atomic mass is 35.5. The molecular weight excluding hydrogens is 352 g/mol. The topological polar surface area (TPSA) is 47.6 Å². The Bertz CT molecular complexity index is 809. The summed E-state index contributed by atoms with van der Waals surface area (Å²) in [6.45, 7) is 2.23. The monoisotopic (exact) mass is 367 g/mol. The first-order valence-electron chi connectivity index (χ1n) is 7.39. The maximum atomic E-state index is 13.5. The van der Waals surface area contributed by atoms with Crippen LogP contribution in [0.25, 0.3) is 6.08 Å². The molecule has 1 N–H and O–H groups in total. The zero-order chi connectivity index (χ0) is 18.4. The van der Waals surface area contributed by atoms with Crippen molar-refractivity contribution in [3.05, 3.63) is 58.6 Å². The molecule has 25 heavy (non-hydrogen) atoms. The summed E-state index contributed by atoms with van der Waals surface area (Å²) in [6, 6.07) is 6.05. The van der Waals surface area contributed by atoms with Crippen molar-refractivity contribution >= 4 is 29.3 Å². The molecule has 0 aliphatic heterocycles. The highest BCUT2D eigenvalue weighted by Crippen LogP contribution is 2.36. The quantitative estimate of drug-likeness (QED) is 0.754. The van der Waals surface area contributed by atoms with E-state index in [1.54, 1.807) is 12.1 Å². The fourth-order valence-electron chi connectivity index (χ4n) is 2.08. The predicted molar refractivity (Wildman–Crippen MR) is 93.2 cm³/mol. The number of nitrogens with one attached hydrogen (secondary N) is 1. The van der Waals surface area contributed by atoms with Crippen LogP contribution in [0.2, 0.25) is 5.02 Å². The molecule has 0 heterocycles. The Morgan fingerprint density at radius 2 is 2.04 bits per heavy atom. The van der Waals surface area contributed by atoms with Crippen molar-refractivity contribution in [3.63, 3.8) is 0 Å². The van der Waals surface area contributed by atoms with Gasteiger partial charge in [-0.15, -0.1) is 0 Å². The molecular formula is C18H16ClF2NO3. The summed E-state index contributed by atoms with van der Waals surface area (Å²) >= 11 is 6.12. The third-order valence-electron chi connectivity index (χ3n) is 3.15. The molecule has 4 nitrogen and oxygen atoms in total. The zero-order valence-corrected chi connectivity index (χ0v) is 14.4. The van der Waals surface area contributed by atoms with E-state index in [2.05, 4.69) is 5.32 Å². The van der Waals surface area contributed by atoms with Crippen LogP contribution in [0.3, 0.4) is 0 Å². The number of benzene rings is 2. The van der Waals surface area contributed by atoms with Crippen LogP contribution in [0.1, 0.15) is 12.5 Å². The number of hydrogen-bond acceptors (Lipinski definition) is 3. The number of carbonyl (C=O) groups is 1. The van der Waals surface area contributed by atoms with Crippen LogP contribution in [0.5, 0.6) is 11.5 Å². The molecule has 0 radical (unpaired) electrons. The van der Waals surface area contributed by atoms with E-state index in [0.717, 1.165) is 18.2 Å². The Morgan fingerprint density at radius 1 is 1.28 bits per heavy atom. The number of carbonyl (C=O) groups excluding carboxylic acids is 1. The van der Waals surface area contributed by atoms with Gasteiger partial charge >= 0.3 is 0 Å². The number of methoxy groups -OCH3 is 1. The Morgan fingerprint density at radius 3 is 2.72 bits per heavy atom. The summed E-state index contributed by atoms with van der Waals surface area (Å²) < 4.78 is 37.2. The third kappa shape index (κ3) is 4.93. The molecule has 0 aliphatic carbocycles. The smallest absolute Gasteiger partial charge is 0.248 e. The maximum Gasteiger partial charge on any atom is 0.248 e. The Kier molecular flexibility index (Phi) is 6.36. The first-order chi connectivity index (χ1) is 11.9. The van der Waals surface area contributed by atoms with E-state index in [0.29, 0.717) is 28.7 Å². The molecule has 0 bridgehead atoms. The van der Waals surface area contributed by atoms with Gasteiger partial charge in [-0.2, -0.15) is 0 Å². The van der Waals surface area contributed by atoms with Gasteiger partial charge < -0.3 is 14.8 Å². The van der Waals surface area contributed by atoms with Crippen LogP contribution >= 0.6 is 11.6 Å². The summed E-state index contributed by atoms with van der Waals surface area (Å²) in [6.07, 6.45) is 2.65. The second kappa shape index (κ2) is 8.48. The van der Waals surface area contributed by atoms with Crippen molar-refractivity contribution in [2.45, 2.75) is 6.92 Å². The van der Waals surface area contributed by atoms with Crippen LogP contribution in [0.4, 0.5) is 14.5 Å². The molecule has 0 aromatic heterocycles. The Hall–Kier alpha value is -2.60. The van der Waals surface area contributed by atoms with E-state index in [4.69, 9.17) is 21.1 Å². The minimum atomic E-state index is -0.728. The fraction of sp³-hybridized carbons (Fsp3) is 0.167. The van der Waals surface area contributed by atoms with Gasteiger partial charge in [0.05, 0.1) is 24.4 Å². The molecule has 0 aliphatic rings. The highest BCUT2D eigenvalue weighted by Gasteiger charge is 2.11. The zero-order valence-electron chi connectivity index (χ0n) is 13.6. The molecule has 2 aromatic rings. The van der Waals surface area contributed by atoms with E-state index in [9.17, 15) is 13.6 Å². The fourth-order valence-corrected chi connectivity index (χ4v) is 2.38. The summed E-state index contributed by atoms with van der Waals surface area (Å²) in [7, 11) is 1.47. The van der Waals surface area contributed by atoms with Crippen molar-refractivity contribution in [1.82, 2.24) is 0 Å². The van der Waals surface area contributed by atoms with Crippen molar-refractivity contribution in [1.29, 1.82) is 0 Å². The van der Waals surface area contributed by atoms with Crippen LogP contribution in [-0.4, -0.2) is 19.6 Å². The summed E-state index contributed by atoms with van der Waals surface area (Å²) in [4.78, 5) is 11.9. The lowest BCUT2D eigenvalue weighted by Gasteiger charge is -2.11. The number of ether oxygens (including phenoxy) is 2. The van der Waals surface area contributed by atoms with Crippen molar-refractivity contribution < 1.29 is 23.0 Å². The first-order valence-corrected chi connectivity index (χ1v) is 7.76. The van der Waals surface area contributed by atoms with Gasteiger partial charge in [0.15, 0.2) is 11.5 Å². The molecule has 0 unspecified atom stereocenters. The van der Waals surface area contributed by atoms with Crippen LogP contribution in [0.15, 0.2) is 36.4 Å². The van der Waals surface area contributed by atoms with E-state index in [1.165, 1.54) is 19.3 Å². The maximum absolute atomic E-state index is 13.5. The van der Waals surface area contributed by atoms with Crippen molar-refractivity contribution in [2.24, 2.45) is 0 Å². The third-order valence-corrected chi connectivity index (χ3v) is 3.43. The molecule has 0 saturated carbocycles. The lowest BCUT2D eigenvalue weighted by Crippen LogP contribution is -2.09. The second-order valence-electron chi connectivity index (χ2n) is 4.91. The molecule has 7 heteroatoms. The molecule has 1 amide bonds. The minimum absolute atomic E-state index is 0.239. The number of amides is 1. The van der Waals surface area contributed by atoms with Gasteiger partial charge in [0.2, 0.25) is 5.91 Å². The van der Waals surface area contributed by atoms with E-state index >= 15 is 0 Å². The largest absolute Gasteiger partial charge is 0.491 e. The van der Waals surface area contributed by atoms with E-state index in [1.807, 2.05) is 6.92 Å². The molecule has 132 valence electrons. The van der Waals surface area contributed by atoms with Gasteiger partial charge in [0, 0.05) is 12.1 Å². The predicted octanol–water partition coefficient (Wildman–Crippen LogP) is 4.68. The summed E-state index contributed by atoms with van der Waals surface area (Å²) in [5.41, 5.74) is 0.349. The highest BCUT2D eigenvalue weighted by molar-refractivity contribution is 6.32. The summed E-state index contributed by atoms with van der Waals surface area (Å²) in [5.74, 6) is -1.16. The lowest BCUT2D eigenvalue weighted by atomic mass is 10.2. The number of hydrogen-bond donors (Lipinski definition) is 1. The van der Waals surface area contributed by atoms with E-state index < -0.39 is 17.5 Å². The number of rotatable bonds is 6. The summed E-state index contributed by atoms with van der Waals surface area (Å²) in [5, 5.41) is 2.59. The molecule has 0 fully saturated rings. The molecule has 0 spiro atoms. The minimum Gasteiger partial charge on any atom is -0.491 e. The average molecular weight is 368 g/mol. The standard InChI is InChI=1S/C18H16ClF2NO3/c1-3-25-16-9-11(8-13(19)18(16)24-2)4-7-17(23)22-15-10-12(20)5-6-14(15)21/h4-10H,3H2,1-2H3,(H,22,23)/b7-4+. The van der Waals surface area contributed by atoms with Crippen LogP contribution < -0.4 is 14.8 Å². The van der Waals surface area contributed by atoms with Gasteiger partial charge in [0.1, 0.15) is 11.6 Å². The Balaban J connectivity index is 2.18. The first kappa shape index (κ1) is 18.7. The molecule has 0 atom stereocenters. The van der Waals surface area contributed by atoms with Gasteiger partial charge in [-0.1, -0.05) is 11.6 Å². The normalized spacial score (nSPS) is 10.8. The SMILES string of the molecule is CCOc1cc(/C=C/C(=O)Nc2cc(F)ccc2F)cc(Cl)c1OC. The number of halogens is 3. The van der Waals surface area contributed by atoms with Gasteiger partial charge in [-0.05, 0) is 42.8 Å². The lowest BCUT2D eigenvalue weighted by molar-refractivity contribution is -0.111. The van der Waals surface area contributed by atoms with Gasteiger partial charge in [0.25, 0.3) is 0 Å². The van der Waals surface area contributed by atoms with Crippen molar-refractivity contribution in [2.75, 3.05) is 19.0 Å². The average Bonchev–Trinajstić information content (AvgIpc) is 2.56. The van der Waals surface area contributed by atoms with Gasteiger partial charge in [-0.3, -0.25) is 4.79 Å². The van der Waals surface area contributed by atoms with Crippen LogP contribution in [0, 0.1) is 11.6 Å². The van der Waals surface area contributed by atoms with Crippen molar-refractivity contribution in [3.8, 4) is 11.5 Å². The molecule has 2 rings (SSSR count). The van der Waals surface area contributed by atoms with Gasteiger partial charge in [-0.25, -0.2) is 8.78 Å². The van der Waals surface area contributed by atoms with Crippen LogP contribution in [-0.2, 0) is 4.79 Å². The molecule has 0 saturated heterocycles. The van der Waals surface area contributed by atoms with E-state index in [-0.39, 0.29) is 5.69 Å². The molecule has 2 aromatic carbocycles. The number of anilines is 1. The Labute approximate surface area is 149 Å².